The lowest BCUT2D eigenvalue weighted by atomic mass is 10.2. The van der Waals surface area contributed by atoms with Crippen LogP contribution in [0.1, 0.15) is 5.82 Å². The molecule has 0 aliphatic heterocycles. The third-order valence-electron chi connectivity index (χ3n) is 2.30. The summed E-state index contributed by atoms with van der Waals surface area (Å²) in [4.78, 5) is 20.9. The number of hydrogen-bond acceptors (Lipinski definition) is 6. The molecule has 2 rings (SSSR count). The van der Waals surface area contributed by atoms with E-state index in [1.54, 1.807) is 37.2 Å². The third kappa shape index (κ3) is 2.45. The van der Waals surface area contributed by atoms with Crippen LogP contribution in [0.25, 0.3) is 11.5 Å². The van der Waals surface area contributed by atoms with Gasteiger partial charge in [0.25, 0.3) is 5.89 Å². The molecule has 2 aromatic heterocycles. The number of pyridine rings is 1. The van der Waals surface area contributed by atoms with E-state index in [4.69, 9.17) is 10.3 Å². The van der Waals surface area contributed by atoms with Crippen molar-refractivity contribution in [2.75, 3.05) is 18.5 Å². The van der Waals surface area contributed by atoms with Gasteiger partial charge in [0.15, 0.2) is 5.82 Å². The van der Waals surface area contributed by atoms with E-state index in [0.29, 0.717) is 23.1 Å². The van der Waals surface area contributed by atoms with Gasteiger partial charge < -0.3 is 15.2 Å². The molecule has 0 saturated carbocycles. The van der Waals surface area contributed by atoms with Gasteiger partial charge in [0, 0.05) is 13.2 Å². The first kappa shape index (κ1) is 12.0. The number of anilines is 1. The zero-order chi connectivity index (χ0) is 13.1. The first-order chi connectivity index (χ1) is 8.58. The molecule has 18 heavy (non-hydrogen) atoms. The van der Waals surface area contributed by atoms with Gasteiger partial charge in [0.2, 0.25) is 5.91 Å². The minimum absolute atomic E-state index is 0.0666. The number of hydrogen-bond donors (Lipinski definition) is 1. The fourth-order valence-corrected chi connectivity index (χ4v) is 1.58. The number of aryl methyl sites for hydroxylation is 1. The van der Waals surface area contributed by atoms with Crippen LogP contribution in [0.15, 0.2) is 22.9 Å². The summed E-state index contributed by atoms with van der Waals surface area (Å²) in [6.07, 6.45) is 1.62. The second-order valence-corrected chi connectivity index (χ2v) is 3.84. The van der Waals surface area contributed by atoms with Crippen molar-refractivity contribution in [2.45, 2.75) is 6.92 Å². The number of likely N-dealkylation sites (N-methyl/N-ethyl adjacent to an activating group) is 1. The summed E-state index contributed by atoms with van der Waals surface area (Å²) >= 11 is 0. The summed E-state index contributed by atoms with van der Waals surface area (Å²) in [6, 6.07) is 3.56. The molecule has 2 aromatic rings. The number of amides is 1. The highest BCUT2D eigenvalue weighted by molar-refractivity contribution is 5.81. The number of nitrogens with two attached hydrogens (primary N) is 1. The van der Waals surface area contributed by atoms with Crippen molar-refractivity contribution in [1.82, 2.24) is 15.1 Å². The zero-order valence-electron chi connectivity index (χ0n) is 10.1. The highest BCUT2D eigenvalue weighted by Gasteiger charge is 2.16. The molecule has 0 fully saturated rings. The molecule has 0 saturated heterocycles. The molecular formula is C11H13N5O2. The SMILES string of the molecule is Cc1noc(-c2cccnc2N(C)CC(N)=O)n1. The van der Waals surface area contributed by atoms with Gasteiger partial charge in [-0.2, -0.15) is 4.98 Å². The quantitative estimate of drug-likeness (QED) is 0.837. The molecule has 2 heterocycles. The maximum absolute atomic E-state index is 10.9. The first-order valence-electron chi connectivity index (χ1n) is 5.33. The molecule has 94 valence electrons. The fraction of sp³-hybridized carbons (Fsp3) is 0.273. The van der Waals surface area contributed by atoms with Crippen molar-refractivity contribution < 1.29 is 9.32 Å². The molecule has 0 aliphatic carbocycles. The molecular weight excluding hydrogens is 234 g/mol. The summed E-state index contributed by atoms with van der Waals surface area (Å²) in [5.41, 5.74) is 5.83. The minimum atomic E-state index is -0.434. The Balaban J connectivity index is 2.39. The molecule has 7 heteroatoms. The van der Waals surface area contributed by atoms with E-state index in [2.05, 4.69) is 15.1 Å². The Kier molecular flexibility index (Phi) is 3.22. The van der Waals surface area contributed by atoms with Gasteiger partial charge in [-0.3, -0.25) is 4.79 Å². The van der Waals surface area contributed by atoms with E-state index in [-0.39, 0.29) is 6.54 Å². The van der Waals surface area contributed by atoms with E-state index in [0.717, 1.165) is 0 Å². The van der Waals surface area contributed by atoms with Crippen LogP contribution in [0.5, 0.6) is 0 Å². The highest BCUT2D eigenvalue weighted by atomic mass is 16.5. The largest absolute Gasteiger partial charge is 0.368 e. The lowest BCUT2D eigenvalue weighted by Crippen LogP contribution is -2.31. The van der Waals surface area contributed by atoms with E-state index in [9.17, 15) is 4.79 Å². The Morgan fingerprint density at radius 2 is 2.33 bits per heavy atom. The fourth-order valence-electron chi connectivity index (χ4n) is 1.58. The Morgan fingerprint density at radius 3 is 2.94 bits per heavy atom. The van der Waals surface area contributed by atoms with Gasteiger partial charge in [0.1, 0.15) is 5.82 Å². The Morgan fingerprint density at radius 1 is 1.56 bits per heavy atom. The summed E-state index contributed by atoms with van der Waals surface area (Å²) in [5.74, 6) is 1.04. The van der Waals surface area contributed by atoms with Crippen molar-refractivity contribution in [2.24, 2.45) is 5.73 Å². The molecule has 0 unspecified atom stereocenters. The maximum atomic E-state index is 10.9. The predicted octanol–water partition coefficient (Wildman–Crippen LogP) is 0.362. The van der Waals surface area contributed by atoms with Crippen LogP contribution in [0.2, 0.25) is 0 Å². The Labute approximate surface area is 104 Å². The molecule has 2 N–H and O–H groups in total. The molecule has 1 amide bonds. The number of nitrogens with zero attached hydrogens (tertiary/aromatic N) is 4. The second kappa shape index (κ2) is 4.82. The normalized spacial score (nSPS) is 10.3. The van der Waals surface area contributed by atoms with Crippen molar-refractivity contribution in [3.8, 4) is 11.5 Å². The summed E-state index contributed by atoms with van der Waals surface area (Å²) < 4.78 is 5.10. The molecule has 0 radical (unpaired) electrons. The lowest BCUT2D eigenvalue weighted by molar-refractivity contribution is -0.116. The monoisotopic (exact) mass is 247 g/mol. The van der Waals surface area contributed by atoms with E-state index in [1.807, 2.05) is 0 Å². The maximum Gasteiger partial charge on any atom is 0.261 e. The minimum Gasteiger partial charge on any atom is -0.368 e. The van der Waals surface area contributed by atoms with Gasteiger partial charge in [-0.05, 0) is 19.1 Å². The van der Waals surface area contributed by atoms with Crippen molar-refractivity contribution in [1.29, 1.82) is 0 Å². The highest BCUT2D eigenvalue weighted by Crippen LogP contribution is 2.26. The van der Waals surface area contributed by atoms with Gasteiger partial charge in [-0.15, -0.1) is 0 Å². The molecule has 0 spiro atoms. The summed E-state index contributed by atoms with van der Waals surface area (Å²) in [5, 5.41) is 3.73. The van der Waals surface area contributed by atoms with Crippen LogP contribution in [0.4, 0.5) is 5.82 Å². The van der Waals surface area contributed by atoms with Gasteiger partial charge in [-0.25, -0.2) is 4.98 Å². The molecule has 0 aliphatic rings. The lowest BCUT2D eigenvalue weighted by Gasteiger charge is -2.17. The van der Waals surface area contributed by atoms with Crippen molar-refractivity contribution in [3.63, 3.8) is 0 Å². The van der Waals surface area contributed by atoms with Crippen LogP contribution >= 0.6 is 0 Å². The van der Waals surface area contributed by atoms with E-state index >= 15 is 0 Å². The number of carbonyl (C=O) groups is 1. The average Bonchev–Trinajstić information content (AvgIpc) is 2.75. The molecule has 7 nitrogen and oxygen atoms in total. The number of primary amides is 1. The first-order valence-corrected chi connectivity index (χ1v) is 5.33. The standard InChI is InChI=1S/C11H13N5O2/c1-7-14-11(18-15-7)8-4-3-5-13-10(8)16(2)6-9(12)17/h3-5H,6H2,1-2H3,(H2,12,17). The zero-order valence-corrected chi connectivity index (χ0v) is 10.1. The number of aromatic nitrogens is 3. The molecule has 0 atom stereocenters. The topological polar surface area (TPSA) is 98.1 Å². The second-order valence-electron chi connectivity index (χ2n) is 3.84. The predicted molar refractivity (Wildman–Crippen MR) is 64.7 cm³/mol. The van der Waals surface area contributed by atoms with Gasteiger partial charge >= 0.3 is 0 Å². The van der Waals surface area contributed by atoms with Crippen LogP contribution < -0.4 is 10.6 Å². The Bertz CT molecular complexity index is 566. The van der Waals surface area contributed by atoms with Crippen LogP contribution in [0, 0.1) is 6.92 Å². The van der Waals surface area contributed by atoms with Crippen LogP contribution in [-0.2, 0) is 4.79 Å². The van der Waals surface area contributed by atoms with Crippen molar-refractivity contribution >= 4 is 11.7 Å². The van der Waals surface area contributed by atoms with Crippen molar-refractivity contribution in [3.05, 3.63) is 24.2 Å². The molecule has 0 aromatic carbocycles. The number of carbonyl (C=O) groups excluding carboxylic acids is 1. The summed E-state index contributed by atoms with van der Waals surface area (Å²) in [6.45, 7) is 1.80. The Hall–Kier alpha value is -2.44. The van der Waals surface area contributed by atoms with E-state index in [1.165, 1.54) is 0 Å². The van der Waals surface area contributed by atoms with E-state index < -0.39 is 5.91 Å². The summed E-state index contributed by atoms with van der Waals surface area (Å²) in [7, 11) is 1.72. The van der Waals surface area contributed by atoms with Crippen LogP contribution in [0.3, 0.4) is 0 Å². The smallest absolute Gasteiger partial charge is 0.261 e. The number of rotatable bonds is 4. The molecule has 0 bridgehead atoms. The van der Waals surface area contributed by atoms with Crippen LogP contribution in [-0.4, -0.2) is 34.6 Å². The average molecular weight is 247 g/mol. The van der Waals surface area contributed by atoms with Gasteiger partial charge in [-0.1, -0.05) is 5.16 Å². The third-order valence-corrected chi connectivity index (χ3v) is 2.30. The van der Waals surface area contributed by atoms with Gasteiger partial charge in [0.05, 0.1) is 12.1 Å².